The third-order valence-electron chi connectivity index (χ3n) is 2.82. The summed E-state index contributed by atoms with van der Waals surface area (Å²) >= 11 is 0. The third kappa shape index (κ3) is 2.08. The zero-order valence-corrected chi connectivity index (χ0v) is 9.52. The second-order valence-corrected chi connectivity index (χ2v) is 3.65. The summed E-state index contributed by atoms with van der Waals surface area (Å²) in [5, 5.41) is 0. The van der Waals surface area contributed by atoms with E-state index in [-0.39, 0.29) is 30.5 Å². The summed E-state index contributed by atoms with van der Waals surface area (Å²) in [6.07, 6.45) is -0.135. The van der Waals surface area contributed by atoms with Crippen molar-refractivity contribution in [3.05, 3.63) is 0 Å². The standard InChI is InChI=1S/C10H20O4/c1-6-8(11-3)10(13-5)9(12-4)7(2)14-6/h6-10H,1-5H3/t6-,7-,8-,9-/m0/s1. The lowest BCUT2D eigenvalue weighted by molar-refractivity contribution is -0.233. The first-order valence-electron chi connectivity index (χ1n) is 4.89. The van der Waals surface area contributed by atoms with Crippen LogP contribution in [0.3, 0.4) is 0 Å². The maximum absolute atomic E-state index is 5.70. The Morgan fingerprint density at radius 2 is 1.07 bits per heavy atom. The maximum Gasteiger partial charge on any atom is 0.114 e. The molecule has 4 atom stereocenters. The molecule has 0 radical (unpaired) electrons. The van der Waals surface area contributed by atoms with Gasteiger partial charge in [-0.05, 0) is 13.8 Å². The fourth-order valence-electron chi connectivity index (χ4n) is 2.13. The molecule has 1 heterocycles. The van der Waals surface area contributed by atoms with E-state index in [1.54, 1.807) is 21.3 Å². The summed E-state index contributed by atoms with van der Waals surface area (Å²) in [4.78, 5) is 0. The van der Waals surface area contributed by atoms with E-state index < -0.39 is 0 Å². The molecule has 0 aromatic carbocycles. The van der Waals surface area contributed by atoms with E-state index in [9.17, 15) is 0 Å². The molecule has 1 aliphatic rings. The summed E-state index contributed by atoms with van der Waals surface area (Å²) < 4.78 is 21.8. The third-order valence-corrected chi connectivity index (χ3v) is 2.82. The fourth-order valence-corrected chi connectivity index (χ4v) is 2.13. The Labute approximate surface area is 85.5 Å². The highest BCUT2D eigenvalue weighted by atomic mass is 16.6. The van der Waals surface area contributed by atoms with Gasteiger partial charge in [0, 0.05) is 21.3 Å². The minimum atomic E-state index is -0.0684. The van der Waals surface area contributed by atoms with Crippen LogP contribution in [0.25, 0.3) is 0 Å². The van der Waals surface area contributed by atoms with Gasteiger partial charge in [0.15, 0.2) is 0 Å². The van der Waals surface area contributed by atoms with Gasteiger partial charge in [-0.15, -0.1) is 0 Å². The predicted octanol–water partition coefficient (Wildman–Crippen LogP) is 0.839. The van der Waals surface area contributed by atoms with Gasteiger partial charge in [0.05, 0.1) is 12.2 Å². The van der Waals surface area contributed by atoms with Gasteiger partial charge in [-0.3, -0.25) is 0 Å². The zero-order chi connectivity index (χ0) is 10.7. The van der Waals surface area contributed by atoms with E-state index in [0.717, 1.165) is 0 Å². The van der Waals surface area contributed by atoms with Crippen molar-refractivity contribution in [2.24, 2.45) is 0 Å². The van der Waals surface area contributed by atoms with Crippen molar-refractivity contribution < 1.29 is 18.9 Å². The smallest absolute Gasteiger partial charge is 0.114 e. The van der Waals surface area contributed by atoms with E-state index in [2.05, 4.69) is 0 Å². The van der Waals surface area contributed by atoms with Crippen LogP contribution in [0, 0.1) is 0 Å². The van der Waals surface area contributed by atoms with Crippen LogP contribution in [0.5, 0.6) is 0 Å². The quantitative estimate of drug-likeness (QED) is 0.682. The molecule has 0 spiro atoms. The van der Waals surface area contributed by atoms with Crippen LogP contribution in [0.4, 0.5) is 0 Å². The highest BCUT2D eigenvalue weighted by molar-refractivity contribution is 4.91. The first-order chi connectivity index (χ1) is 6.65. The van der Waals surface area contributed by atoms with Gasteiger partial charge in [0.1, 0.15) is 18.3 Å². The monoisotopic (exact) mass is 204 g/mol. The molecular weight excluding hydrogens is 184 g/mol. The molecule has 4 nitrogen and oxygen atoms in total. The van der Waals surface area contributed by atoms with Gasteiger partial charge >= 0.3 is 0 Å². The Hall–Kier alpha value is -0.160. The molecule has 4 heteroatoms. The first kappa shape index (κ1) is 11.9. The molecule has 0 bridgehead atoms. The van der Waals surface area contributed by atoms with Crippen molar-refractivity contribution in [2.45, 2.75) is 44.4 Å². The first-order valence-corrected chi connectivity index (χ1v) is 4.89. The molecule has 0 unspecified atom stereocenters. The number of methoxy groups -OCH3 is 3. The molecule has 0 aromatic rings. The Balaban J connectivity index is 2.76. The SMILES string of the molecule is COC1[C@@H](OC)[C@H](C)O[C@@H](C)[C@@H]1OC. The highest BCUT2D eigenvalue weighted by Crippen LogP contribution is 2.26. The normalized spacial score (nSPS) is 43.9. The van der Waals surface area contributed by atoms with Gasteiger partial charge in [-0.1, -0.05) is 0 Å². The molecule has 0 aromatic heterocycles. The van der Waals surface area contributed by atoms with Gasteiger partial charge in [-0.2, -0.15) is 0 Å². The minimum absolute atomic E-state index is 0.0337. The van der Waals surface area contributed by atoms with Crippen molar-refractivity contribution in [2.75, 3.05) is 21.3 Å². The van der Waals surface area contributed by atoms with Gasteiger partial charge in [0.25, 0.3) is 0 Å². The van der Waals surface area contributed by atoms with Crippen molar-refractivity contribution in [3.63, 3.8) is 0 Å². The minimum Gasteiger partial charge on any atom is -0.376 e. The Bertz CT molecular complexity index is 158. The van der Waals surface area contributed by atoms with Crippen LogP contribution >= 0.6 is 0 Å². The number of ether oxygens (including phenoxy) is 4. The molecule has 1 fully saturated rings. The zero-order valence-electron chi connectivity index (χ0n) is 9.52. The molecule has 1 rings (SSSR count). The van der Waals surface area contributed by atoms with E-state index in [1.807, 2.05) is 13.8 Å². The van der Waals surface area contributed by atoms with Crippen LogP contribution in [-0.4, -0.2) is 51.8 Å². The van der Waals surface area contributed by atoms with Crippen LogP contribution in [0.2, 0.25) is 0 Å². The van der Waals surface area contributed by atoms with Crippen molar-refractivity contribution in [3.8, 4) is 0 Å². The number of hydrogen-bond donors (Lipinski definition) is 0. The fraction of sp³-hybridized carbons (Fsp3) is 1.00. The second-order valence-electron chi connectivity index (χ2n) is 3.65. The van der Waals surface area contributed by atoms with Crippen LogP contribution in [0.1, 0.15) is 13.8 Å². The lowest BCUT2D eigenvalue weighted by Crippen LogP contribution is -2.57. The maximum atomic E-state index is 5.70. The molecule has 14 heavy (non-hydrogen) atoms. The molecule has 0 N–H and O–H groups in total. The van der Waals surface area contributed by atoms with Gasteiger partial charge in [0.2, 0.25) is 0 Å². The van der Waals surface area contributed by atoms with Crippen molar-refractivity contribution in [1.82, 2.24) is 0 Å². The highest BCUT2D eigenvalue weighted by Gasteiger charge is 2.43. The summed E-state index contributed by atoms with van der Waals surface area (Å²) in [7, 11) is 5.01. The lowest BCUT2D eigenvalue weighted by atomic mass is 9.96. The average molecular weight is 204 g/mol. The van der Waals surface area contributed by atoms with Gasteiger partial charge < -0.3 is 18.9 Å². The van der Waals surface area contributed by atoms with E-state index in [4.69, 9.17) is 18.9 Å². The largest absolute Gasteiger partial charge is 0.376 e. The van der Waals surface area contributed by atoms with E-state index in [1.165, 1.54) is 0 Å². The topological polar surface area (TPSA) is 36.9 Å². The average Bonchev–Trinajstić information content (AvgIpc) is 2.16. The molecule has 1 saturated heterocycles. The molecule has 0 amide bonds. The Morgan fingerprint density at radius 3 is 1.36 bits per heavy atom. The lowest BCUT2D eigenvalue weighted by Gasteiger charge is -2.42. The van der Waals surface area contributed by atoms with Crippen LogP contribution in [0.15, 0.2) is 0 Å². The van der Waals surface area contributed by atoms with Crippen LogP contribution in [-0.2, 0) is 18.9 Å². The molecular formula is C10H20O4. The van der Waals surface area contributed by atoms with Crippen molar-refractivity contribution in [1.29, 1.82) is 0 Å². The summed E-state index contributed by atoms with van der Waals surface area (Å²) in [6.45, 7) is 3.98. The van der Waals surface area contributed by atoms with E-state index >= 15 is 0 Å². The summed E-state index contributed by atoms with van der Waals surface area (Å²) in [5.74, 6) is 0. The molecule has 1 aliphatic heterocycles. The predicted molar refractivity (Wildman–Crippen MR) is 52.4 cm³/mol. The molecule has 0 saturated carbocycles. The summed E-state index contributed by atoms with van der Waals surface area (Å²) in [5.41, 5.74) is 0. The van der Waals surface area contributed by atoms with Gasteiger partial charge in [-0.25, -0.2) is 0 Å². The van der Waals surface area contributed by atoms with E-state index in [0.29, 0.717) is 0 Å². The Kier molecular flexibility index (Phi) is 4.31. The molecule has 84 valence electrons. The Morgan fingerprint density at radius 1 is 0.714 bits per heavy atom. The van der Waals surface area contributed by atoms with Crippen LogP contribution < -0.4 is 0 Å². The number of rotatable bonds is 3. The second kappa shape index (κ2) is 5.07. The summed E-state index contributed by atoms with van der Waals surface area (Å²) in [6, 6.07) is 0. The molecule has 0 aliphatic carbocycles. The number of hydrogen-bond acceptors (Lipinski definition) is 4. The van der Waals surface area contributed by atoms with Crippen molar-refractivity contribution >= 4 is 0 Å².